The van der Waals surface area contributed by atoms with Gasteiger partial charge in [0.25, 0.3) is 10.0 Å². The molecule has 242 valence electrons. The summed E-state index contributed by atoms with van der Waals surface area (Å²) in [5.74, 6) is -0.270. The van der Waals surface area contributed by atoms with Crippen molar-refractivity contribution in [1.82, 2.24) is 10.2 Å². The lowest BCUT2D eigenvalue weighted by atomic mass is 10.0. The molecule has 0 heterocycles. The van der Waals surface area contributed by atoms with Crippen molar-refractivity contribution in [2.24, 2.45) is 5.92 Å². The van der Waals surface area contributed by atoms with Gasteiger partial charge in [-0.05, 0) is 65.6 Å². The fourth-order valence-electron chi connectivity index (χ4n) is 4.81. The fourth-order valence-corrected chi connectivity index (χ4v) is 6.71. The van der Waals surface area contributed by atoms with Gasteiger partial charge >= 0.3 is 0 Å². The van der Waals surface area contributed by atoms with E-state index in [1.807, 2.05) is 44.2 Å². The third kappa shape index (κ3) is 9.02. The number of halogens is 2. The number of anilines is 1. The first-order chi connectivity index (χ1) is 22.0. The van der Waals surface area contributed by atoms with Crippen molar-refractivity contribution < 1.29 is 22.7 Å². The van der Waals surface area contributed by atoms with E-state index in [4.69, 9.17) is 27.9 Å². The molecule has 0 spiro atoms. The molecule has 46 heavy (non-hydrogen) atoms. The largest absolute Gasteiger partial charge is 0.497 e. The highest BCUT2D eigenvalue weighted by Crippen LogP contribution is 2.28. The molecule has 0 fully saturated rings. The normalized spacial score (nSPS) is 12.0. The van der Waals surface area contributed by atoms with Gasteiger partial charge in [-0.2, -0.15) is 0 Å². The van der Waals surface area contributed by atoms with Gasteiger partial charge in [0.2, 0.25) is 11.8 Å². The Hall–Kier alpha value is -4.05. The number of methoxy groups -OCH3 is 1. The Balaban J connectivity index is 1.81. The molecule has 0 aliphatic heterocycles. The molecule has 4 aromatic rings. The van der Waals surface area contributed by atoms with Crippen LogP contribution < -0.4 is 14.4 Å². The van der Waals surface area contributed by atoms with Gasteiger partial charge in [0.1, 0.15) is 18.3 Å². The molecular formula is C35H37Cl2N3O5S. The number of hydrogen-bond acceptors (Lipinski definition) is 5. The van der Waals surface area contributed by atoms with E-state index >= 15 is 0 Å². The number of sulfonamides is 1. The Kier molecular flexibility index (Phi) is 12.1. The molecule has 1 atom stereocenters. The molecule has 0 saturated heterocycles. The first-order valence-electron chi connectivity index (χ1n) is 14.8. The monoisotopic (exact) mass is 681 g/mol. The molecule has 8 nitrogen and oxygen atoms in total. The van der Waals surface area contributed by atoms with E-state index < -0.39 is 28.5 Å². The summed E-state index contributed by atoms with van der Waals surface area (Å²) in [6, 6.07) is 27.5. The van der Waals surface area contributed by atoms with Gasteiger partial charge in [-0.25, -0.2) is 8.42 Å². The molecule has 11 heteroatoms. The number of nitrogens with zero attached hydrogens (tertiary/aromatic N) is 2. The van der Waals surface area contributed by atoms with E-state index in [0.29, 0.717) is 27.9 Å². The lowest BCUT2D eigenvalue weighted by Crippen LogP contribution is -2.53. The molecule has 0 aliphatic carbocycles. The van der Waals surface area contributed by atoms with Crippen LogP contribution in [0.1, 0.15) is 25.0 Å². The predicted molar refractivity (Wildman–Crippen MR) is 183 cm³/mol. The van der Waals surface area contributed by atoms with Gasteiger partial charge in [-0.3, -0.25) is 13.9 Å². The van der Waals surface area contributed by atoms with E-state index in [2.05, 4.69) is 5.32 Å². The van der Waals surface area contributed by atoms with Gasteiger partial charge < -0.3 is 15.0 Å². The van der Waals surface area contributed by atoms with E-state index in [9.17, 15) is 18.0 Å². The molecule has 4 rings (SSSR count). The predicted octanol–water partition coefficient (Wildman–Crippen LogP) is 6.61. The van der Waals surface area contributed by atoms with Crippen LogP contribution in [0.25, 0.3) is 0 Å². The second-order valence-corrected chi connectivity index (χ2v) is 13.8. The maximum atomic E-state index is 14.5. The van der Waals surface area contributed by atoms with Crippen molar-refractivity contribution in [2.75, 3.05) is 24.5 Å². The summed E-state index contributed by atoms with van der Waals surface area (Å²) in [7, 11) is -2.71. The van der Waals surface area contributed by atoms with Crippen molar-refractivity contribution >= 4 is 50.7 Å². The second kappa shape index (κ2) is 16.0. The topological polar surface area (TPSA) is 96.0 Å². The Morgan fingerprint density at radius 1 is 0.870 bits per heavy atom. The van der Waals surface area contributed by atoms with Crippen molar-refractivity contribution in [3.8, 4) is 5.75 Å². The number of nitrogens with one attached hydrogen (secondary N) is 1. The molecule has 1 N–H and O–H groups in total. The zero-order chi connectivity index (χ0) is 33.3. The average molecular weight is 683 g/mol. The Labute approximate surface area is 280 Å². The van der Waals surface area contributed by atoms with Gasteiger partial charge in [0.15, 0.2) is 0 Å². The van der Waals surface area contributed by atoms with Crippen LogP contribution in [0.5, 0.6) is 5.75 Å². The summed E-state index contributed by atoms with van der Waals surface area (Å²) in [4.78, 5) is 29.8. The summed E-state index contributed by atoms with van der Waals surface area (Å²) in [6.07, 6.45) is 0.190. The third-order valence-electron chi connectivity index (χ3n) is 7.28. The van der Waals surface area contributed by atoms with E-state index in [0.717, 1.165) is 9.87 Å². The maximum Gasteiger partial charge on any atom is 0.264 e. The maximum absolute atomic E-state index is 14.5. The minimum atomic E-state index is -4.21. The molecule has 0 aliphatic rings. The van der Waals surface area contributed by atoms with Crippen molar-refractivity contribution in [2.45, 2.75) is 37.8 Å². The van der Waals surface area contributed by atoms with Gasteiger partial charge in [-0.15, -0.1) is 0 Å². The van der Waals surface area contributed by atoms with Crippen LogP contribution in [-0.4, -0.2) is 51.4 Å². The van der Waals surface area contributed by atoms with Gasteiger partial charge in [0.05, 0.1) is 17.7 Å². The quantitative estimate of drug-likeness (QED) is 0.162. The highest BCUT2D eigenvalue weighted by Gasteiger charge is 2.35. The lowest BCUT2D eigenvalue weighted by Gasteiger charge is -2.34. The first-order valence-corrected chi connectivity index (χ1v) is 17.0. The number of amides is 2. The molecule has 4 aromatic carbocycles. The van der Waals surface area contributed by atoms with Crippen molar-refractivity contribution in [3.63, 3.8) is 0 Å². The van der Waals surface area contributed by atoms with E-state index in [-0.39, 0.29) is 35.4 Å². The zero-order valence-corrected chi connectivity index (χ0v) is 28.2. The summed E-state index contributed by atoms with van der Waals surface area (Å²) >= 11 is 12.7. The Morgan fingerprint density at radius 3 is 2.09 bits per heavy atom. The molecule has 0 saturated carbocycles. The highest BCUT2D eigenvalue weighted by atomic mass is 35.5. The number of carbonyl (C=O) groups excluding carboxylic acids is 2. The van der Waals surface area contributed by atoms with Crippen LogP contribution in [0.2, 0.25) is 10.0 Å². The molecule has 2 amide bonds. The van der Waals surface area contributed by atoms with Crippen LogP contribution in [0, 0.1) is 5.92 Å². The highest BCUT2D eigenvalue weighted by molar-refractivity contribution is 7.92. The van der Waals surface area contributed by atoms with Crippen LogP contribution >= 0.6 is 23.2 Å². The van der Waals surface area contributed by atoms with Crippen LogP contribution in [0.15, 0.2) is 108 Å². The van der Waals surface area contributed by atoms with Gasteiger partial charge in [0, 0.05) is 29.6 Å². The standard InChI is InChI=1S/C35H37Cl2N3O5S/c1-25(2)22-38-35(42)33(20-26-10-6-4-7-11-26)39(23-27-14-15-28(36)21-32(27)37)34(41)24-40(29-16-18-30(45-3)19-17-29)46(43,44)31-12-8-5-9-13-31/h4-19,21,25,33H,20,22-24H2,1-3H3,(H,38,42). The SMILES string of the molecule is COc1ccc(N(CC(=O)N(Cc2ccc(Cl)cc2Cl)C(Cc2ccccc2)C(=O)NCC(C)C)S(=O)(=O)c2ccccc2)cc1. The average Bonchev–Trinajstić information content (AvgIpc) is 3.05. The summed E-state index contributed by atoms with van der Waals surface area (Å²) in [6.45, 7) is 3.70. The summed E-state index contributed by atoms with van der Waals surface area (Å²) in [5, 5.41) is 3.70. The van der Waals surface area contributed by atoms with Crippen molar-refractivity contribution in [1.29, 1.82) is 0 Å². The number of hydrogen-bond donors (Lipinski definition) is 1. The van der Waals surface area contributed by atoms with Crippen LogP contribution in [-0.2, 0) is 32.6 Å². The zero-order valence-electron chi connectivity index (χ0n) is 25.9. The number of benzene rings is 4. The molecular weight excluding hydrogens is 645 g/mol. The number of carbonyl (C=O) groups is 2. The van der Waals surface area contributed by atoms with Crippen molar-refractivity contribution in [3.05, 3.63) is 124 Å². The fraction of sp³-hybridized carbons (Fsp3) is 0.257. The van der Waals surface area contributed by atoms with E-state index in [1.54, 1.807) is 60.7 Å². The third-order valence-corrected chi connectivity index (χ3v) is 9.66. The summed E-state index contributed by atoms with van der Waals surface area (Å²) < 4.78 is 34.5. The van der Waals surface area contributed by atoms with Gasteiger partial charge in [-0.1, -0.05) is 91.6 Å². The van der Waals surface area contributed by atoms with E-state index in [1.165, 1.54) is 24.1 Å². The van der Waals surface area contributed by atoms with Crippen LogP contribution in [0.3, 0.4) is 0 Å². The number of rotatable bonds is 14. The lowest BCUT2D eigenvalue weighted by molar-refractivity contribution is -0.140. The molecule has 0 radical (unpaired) electrons. The minimum Gasteiger partial charge on any atom is -0.497 e. The minimum absolute atomic E-state index is 0.0152. The molecule has 1 unspecified atom stereocenters. The number of ether oxygens (including phenoxy) is 1. The second-order valence-electron chi connectivity index (χ2n) is 11.1. The smallest absolute Gasteiger partial charge is 0.264 e. The molecule has 0 aromatic heterocycles. The van der Waals surface area contributed by atoms with Crippen LogP contribution in [0.4, 0.5) is 5.69 Å². The Bertz CT molecular complexity index is 1720. The Morgan fingerprint density at radius 2 is 1.50 bits per heavy atom. The summed E-state index contributed by atoms with van der Waals surface area (Å²) in [5.41, 5.74) is 1.64. The first kappa shape index (κ1) is 34.8. The molecule has 0 bridgehead atoms.